The Morgan fingerprint density at radius 2 is 1.67 bits per heavy atom. The van der Waals surface area contributed by atoms with E-state index in [1.165, 1.54) is 19.3 Å². The van der Waals surface area contributed by atoms with Gasteiger partial charge in [0.1, 0.15) is 17.5 Å². The predicted octanol–water partition coefficient (Wildman–Crippen LogP) is 9.37. The van der Waals surface area contributed by atoms with Crippen molar-refractivity contribution in [2.75, 3.05) is 27.6 Å². The zero-order chi connectivity index (χ0) is 36.4. The summed E-state index contributed by atoms with van der Waals surface area (Å²) in [5.41, 5.74) is 3.31. The van der Waals surface area contributed by atoms with Crippen LogP contribution in [-0.4, -0.2) is 62.4 Å². The third-order valence-corrected chi connectivity index (χ3v) is 11.1. The van der Waals surface area contributed by atoms with Crippen LogP contribution in [0.4, 0.5) is 13.2 Å². The number of carboxylic acid groups (broad SMARTS) is 1. The second kappa shape index (κ2) is 17.9. The van der Waals surface area contributed by atoms with Gasteiger partial charge in [-0.15, -0.1) is 0 Å². The number of aryl methyl sites for hydroxylation is 1. The molecule has 10 heteroatoms. The van der Waals surface area contributed by atoms with Gasteiger partial charge in [0.25, 0.3) is 0 Å². The first-order valence-electron chi connectivity index (χ1n) is 18.6. The molecular weight excluding hydrogens is 657 g/mol. The number of alkyl halides is 3. The van der Waals surface area contributed by atoms with Crippen LogP contribution in [0.5, 0.6) is 11.5 Å². The molecule has 2 saturated carbocycles. The molecular formula is C41H55F3N2O5. The molecule has 5 rings (SSSR count). The first-order valence-corrected chi connectivity index (χ1v) is 18.6. The zero-order valence-electron chi connectivity index (χ0n) is 30.4. The highest BCUT2D eigenvalue weighted by Crippen LogP contribution is 2.44. The van der Waals surface area contributed by atoms with Gasteiger partial charge >= 0.3 is 12.1 Å². The third-order valence-electron chi connectivity index (χ3n) is 11.1. The van der Waals surface area contributed by atoms with E-state index in [1.807, 2.05) is 55.5 Å². The number of methoxy groups -OCH3 is 2. The highest BCUT2D eigenvalue weighted by Gasteiger charge is 2.36. The molecule has 2 fully saturated rings. The topological polar surface area (TPSA) is 89.0 Å². The number of benzene rings is 3. The minimum Gasteiger partial charge on any atom is -0.496 e. The molecule has 7 nitrogen and oxygen atoms in total. The first kappa shape index (κ1) is 38.9. The summed E-state index contributed by atoms with van der Waals surface area (Å²) in [6, 6.07) is 15.3. The van der Waals surface area contributed by atoms with Gasteiger partial charge in [-0.3, -0.25) is 10.1 Å². The van der Waals surface area contributed by atoms with Gasteiger partial charge in [0, 0.05) is 18.0 Å². The number of nitrogens with one attached hydrogen (secondary N) is 2. The van der Waals surface area contributed by atoms with E-state index < -0.39 is 24.6 Å². The average molecular weight is 713 g/mol. The van der Waals surface area contributed by atoms with Gasteiger partial charge in [-0.2, -0.15) is 13.2 Å². The average Bonchev–Trinajstić information content (AvgIpc) is 3.10. The number of aliphatic carboxylic acids is 1. The number of hydrogen-bond acceptors (Lipinski definition) is 6. The minimum atomic E-state index is -4.13. The van der Waals surface area contributed by atoms with Crippen LogP contribution >= 0.6 is 0 Å². The van der Waals surface area contributed by atoms with Crippen molar-refractivity contribution in [2.24, 2.45) is 5.92 Å². The lowest BCUT2D eigenvalue weighted by Gasteiger charge is -2.42. The Balaban J connectivity index is 1.29. The van der Waals surface area contributed by atoms with Crippen molar-refractivity contribution in [3.05, 3.63) is 59.7 Å². The smallest absolute Gasteiger partial charge is 0.389 e. The number of carbonyl (C=O) groups is 1. The maximum Gasteiger partial charge on any atom is 0.389 e. The maximum atomic E-state index is 13.1. The van der Waals surface area contributed by atoms with Crippen LogP contribution in [0.1, 0.15) is 94.6 Å². The number of ether oxygens (including phenoxy) is 3. The van der Waals surface area contributed by atoms with E-state index in [0.717, 1.165) is 90.1 Å². The molecule has 2 aliphatic rings. The van der Waals surface area contributed by atoms with E-state index in [0.29, 0.717) is 18.4 Å². The van der Waals surface area contributed by atoms with E-state index in [4.69, 9.17) is 14.2 Å². The lowest BCUT2D eigenvalue weighted by molar-refractivity contribution is -0.140. The number of hydrogen-bond donors (Lipinski definition) is 3. The summed E-state index contributed by atoms with van der Waals surface area (Å²) in [6.45, 7) is 2.42. The number of rotatable bonds is 15. The van der Waals surface area contributed by atoms with Crippen LogP contribution in [0.3, 0.4) is 0 Å². The monoisotopic (exact) mass is 712 g/mol. The van der Waals surface area contributed by atoms with E-state index >= 15 is 0 Å². The molecule has 51 heavy (non-hydrogen) atoms. The molecule has 0 aromatic heterocycles. The van der Waals surface area contributed by atoms with Crippen molar-refractivity contribution >= 4 is 16.7 Å². The van der Waals surface area contributed by atoms with Crippen molar-refractivity contribution < 1.29 is 37.3 Å². The molecule has 0 heterocycles. The Kier molecular flexibility index (Phi) is 13.7. The molecule has 3 aromatic carbocycles. The number of carboxylic acids is 1. The number of fused-ring (bicyclic) bond motifs is 1. The van der Waals surface area contributed by atoms with Crippen LogP contribution in [0.15, 0.2) is 48.5 Å². The van der Waals surface area contributed by atoms with E-state index in [1.54, 1.807) is 14.2 Å². The van der Waals surface area contributed by atoms with Gasteiger partial charge in [-0.25, -0.2) is 0 Å². The highest BCUT2D eigenvalue weighted by molar-refractivity contribution is 6.01. The Morgan fingerprint density at radius 1 is 0.922 bits per heavy atom. The second-order valence-corrected chi connectivity index (χ2v) is 14.7. The summed E-state index contributed by atoms with van der Waals surface area (Å²) in [7, 11) is 3.28. The molecule has 3 atom stereocenters. The molecule has 0 aliphatic heterocycles. The molecule has 280 valence electrons. The summed E-state index contributed by atoms with van der Waals surface area (Å²) in [5.74, 6) is 0.492. The van der Waals surface area contributed by atoms with Gasteiger partial charge in [-0.05, 0) is 91.3 Å². The first-order chi connectivity index (χ1) is 24.5. The molecule has 0 radical (unpaired) electrons. The molecule has 2 aliphatic carbocycles. The van der Waals surface area contributed by atoms with Crippen LogP contribution in [0.2, 0.25) is 0 Å². The Bertz CT molecular complexity index is 1590. The highest BCUT2D eigenvalue weighted by atomic mass is 19.4. The third kappa shape index (κ3) is 10.4. The lowest BCUT2D eigenvalue weighted by Crippen LogP contribution is -2.55. The Morgan fingerprint density at radius 3 is 2.39 bits per heavy atom. The second-order valence-electron chi connectivity index (χ2n) is 14.7. The molecule has 3 N–H and O–H groups in total. The molecule has 3 aromatic rings. The standard InChI is InChI=1S/C41H55F3N2O5/c1-28-18-19-36(49-2)37(38(28)50-3)34-17-10-15-32-30(12-9-16-33(32)34)25-35(39(47)48)45-27-51-26-40(46-31-13-5-4-6-14-31)22-8-7-11-29(20-23-40)21-24-41(42,43)44/h9-10,12,15-19,29,31,35,45-46H,4-8,11,13-14,20-27H2,1-3H3,(H,47,48)/t29?,35-,40?/m0/s1. The summed E-state index contributed by atoms with van der Waals surface area (Å²) in [4.78, 5) is 12.6. The molecule has 2 unspecified atom stereocenters. The van der Waals surface area contributed by atoms with Crippen molar-refractivity contribution in [3.63, 3.8) is 0 Å². The van der Waals surface area contributed by atoms with Crippen molar-refractivity contribution in [3.8, 4) is 22.6 Å². The fraction of sp³-hybridized carbons (Fsp3) is 0.585. The number of halogens is 3. The van der Waals surface area contributed by atoms with Crippen LogP contribution < -0.4 is 20.1 Å². The van der Waals surface area contributed by atoms with Crippen molar-refractivity contribution in [1.82, 2.24) is 10.6 Å². The molecule has 0 saturated heterocycles. The van der Waals surface area contributed by atoms with Gasteiger partial charge < -0.3 is 24.6 Å². The molecule has 0 spiro atoms. The van der Waals surface area contributed by atoms with E-state index in [-0.39, 0.29) is 31.0 Å². The largest absolute Gasteiger partial charge is 0.496 e. The van der Waals surface area contributed by atoms with Gasteiger partial charge in [0.05, 0.1) is 33.1 Å². The van der Waals surface area contributed by atoms with Crippen LogP contribution in [-0.2, 0) is 16.0 Å². The van der Waals surface area contributed by atoms with E-state index in [9.17, 15) is 23.1 Å². The van der Waals surface area contributed by atoms with E-state index in [2.05, 4.69) is 10.6 Å². The zero-order valence-corrected chi connectivity index (χ0v) is 30.4. The fourth-order valence-corrected chi connectivity index (χ4v) is 8.31. The Hall–Kier alpha value is -3.34. The summed E-state index contributed by atoms with van der Waals surface area (Å²) < 4.78 is 57.0. The van der Waals surface area contributed by atoms with Gasteiger partial charge in [-0.1, -0.05) is 81.0 Å². The van der Waals surface area contributed by atoms with Crippen molar-refractivity contribution in [2.45, 2.75) is 121 Å². The fourth-order valence-electron chi connectivity index (χ4n) is 8.31. The SMILES string of the molecule is COc1ccc(C)c(OC)c1-c1cccc2c(C[C@H](NCOCC3(NC4CCCCC4)CCCCC(CCC(F)(F)F)CC3)C(=O)O)cccc12. The molecule has 0 amide bonds. The van der Waals surface area contributed by atoms with Crippen molar-refractivity contribution in [1.29, 1.82) is 0 Å². The van der Waals surface area contributed by atoms with Gasteiger partial charge in [0.15, 0.2) is 0 Å². The van der Waals surface area contributed by atoms with Crippen LogP contribution in [0.25, 0.3) is 21.9 Å². The summed E-state index contributed by atoms with van der Waals surface area (Å²) in [6.07, 6.45) is 6.36. The predicted molar refractivity (Wildman–Crippen MR) is 196 cm³/mol. The summed E-state index contributed by atoms with van der Waals surface area (Å²) >= 11 is 0. The normalized spacial score (nSPS) is 21.2. The maximum absolute atomic E-state index is 13.1. The quantitative estimate of drug-likeness (QED) is 0.107. The lowest BCUT2D eigenvalue weighted by atomic mass is 9.78. The summed E-state index contributed by atoms with van der Waals surface area (Å²) in [5, 5.41) is 19.3. The Labute approximate surface area is 300 Å². The minimum absolute atomic E-state index is 0.0447. The molecule has 0 bridgehead atoms. The van der Waals surface area contributed by atoms with Crippen LogP contribution in [0, 0.1) is 12.8 Å². The van der Waals surface area contributed by atoms with Gasteiger partial charge in [0.2, 0.25) is 0 Å².